The maximum Gasteiger partial charge on any atom is 0.323 e. The van der Waals surface area contributed by atoms with Gasteiger partial charge in [-0.1, -0.05) is 18.2 Å². The number of hydrogen-bond acceptors (Lipinski definition) is 7. The molecular weight excluding hydrogens is 505 g/mol. The molecule has 4 bridgehead atoms. The monoisotopic (exact) mass is 531 g/mol. The molecule has 194 valence electrons. The third kappa shape index (κ3) is 6.06. The van der Waals surface area contributed by atoms with E-state index in [2.05, 4.69) is 31.2 Å². The Kier molecular flexibility index (Phi) is 7.18. The zero-order valence-corrected chi connectivity index (χ0v) is 21.1. The maximum absolute atomic E-state index is 13.1. The largest absolute Gasteiger partial charge is 0.369 e. The molecule has 1 unspecified atom stereocenters. The summed E-state index contributed by atoms with van der Waals surface area (Å²) in [6.45, 7) is 0.597. The number of rotatable bonds is 3. The molecule has 9 nitrogen and oxygen atoms in total. The number of carbonyl (C=O) groups excluding carboxylic acids is 1. The molecule has 1 atom stereocenters. The lowest BCUT2D eigenvalue weighted by molar-refractivity contribution is 0.262. The molecule has 1 aliphatic rings. The highest BCUT2D eigenvalue weighted by Gasteiger charge is 2.15. The predicted octanol–water partition coefficient (Wildman–Crippen LogP) is 6.28. The summed E-state index contributed by atoms with van der Waals surface area (Å²) in [6, 6.07) is 19.4. The summed E-state index contributed by atoms with van der Waals surface area (Å²) in [4.78, 5) is 21.9. The van der Waals surface area contributed by atoms with E-state index in [0.29, 0.717) is 46.7 Å². The summed E-state index contributed by atoms with van der Waals surface area (Å²) in [6.07, 6.45) is 3.09. The molecule has 11 heteroatoms. The van der Waals surface area contributed by atoms with Crippen molar-refractivity contribution >= 4 is 44.6 Å². The number of nitrogens with one attached hydrogen (secondary N) is 5. The van der Waals surface area contributed by atoms with Gasteiger partial charge < -0.3 is 21.3 Å². The molecule has 0 saturated carbocycles. The Labute approximate surface area is 219 Å². The summed E-state index contributed by atoms with van der Waals surface area (Å²) in [5, 5.41) is 11.9. The van der Waals surface area contributed by atoms with Gasteiger partial charge in [0.25, 0.3) is 0 Å². The van der Waals surface area contributed by atoms with E-state index in [4.69, 9.17) is 4.78 Å². The Balaban J connectivity index is 1.34. The first-order valence-electron chi connectivity index (χ1n) is 12.0. The van der Waals surface area contributed by atoms with Crippen LogP contribution >= 0.6 is 0 Å². The Morgan fingerprint density at radius 3 is 2.42 bits per heavy atom. The van der Waals surface area contributed by atoms with Crippen LogP contribution in [0.3, 0.4) is 0 Å². The standard InChI is InChI=1S/C27H26FN7O2S/c28-19-8-12-21(13-9-19)34-27(36)33-20-10-6-18(7-11-20)24-17-31-26-32-22-4-3-5-23(16-22)38(29,37)15-2-1-14-30-25(24)35-26/h3-13,16-17,29H,1-2,14-15H2,(H2,33,34,36)(H2,30,31,32,35). The molecule has 0 saturated heterocycles. The second kappa shape index (κ2) is 10.9. The van der Waals surface area contributed by atoms with Gasteiger partial charge in [-0.3, -0.25) is 0 Å². The topological polar surface area (TPSA) is 132 Å². The average Bonchev–Trinajstić information content (AvgIpc) is 2.91. The highest BCUT2D eigenvalue weighted by Crippen LogP contribution is 2.29. The summed E-state index contributed by atoms with van der Waals surface area (Å²) in [5.41, 5.74) is 3.36. The summed E-state index contributed by atoms with van der Waals surface area (Å²) in [5.74, 6) is 0.927. The zero-order chi connectivity index (χ0) is 26.5. The van der Waals surface area contributed by atoms with Crippen molar-refractivity contribution in [3.05, 3.63) is 84.8 Å². The fraction of sp³-hybridized carbons (Fsp3) is 0.148. The number of hydrogen-bond donors (Lipinski definition) is 5. The molecular formula is C27H26FN7O2S. The van der Waals surface area contributed by atoms with Crippen LogP contribution in [0.25, 0.3) is 11.1 Å². The minimum absolute atomic E-state index is 0.289. The van der Waals surface area contributed by atoms with Gasteiger partial charge in [0.15, 0.2) is 0 Å². The number of anilines is 5. The van der Waals surface area contributed by atoms with Crippen molar-refractivity contribution in [1.82, 2.24) is 9.97 Å². The van der Waals surface area contributed by atoms with Crippen LogP contribution in [0.15, 0.2) is 83.9 Å². The average molecular weight is 532 g/mol. The van der Waals surface area contributed by atoms with Crippen LogP contribution in [0.5, 0.6) is 0 Å². The van der Waals surface area contributed by atoms with Gasteiger partial charge in [-0.25, -0.2) is 23.2 Å². The van der Waals surface area contributed by atoms with E-state index in [1.54, 1.807) is 36.5 Å². The normalized spacial score (nSPS) is 17.0. The van der Waals surface area contributed by atoms with E-state index in [1.165, 1.54) is 24.3 Å². The van der Waals surface area contributed by atoms with Gasteiger partial charge in [-0.2, -0.15) is 4.98 Å². The van der Waals surface area contributed by atoms with E-state index < -0.39 is 15.8 Å². The van der Waals surface area contributed by atoms with E-state index in [1.807, 2.05) is 18.2 Å². The molecule has 0 fully saturated rings. The second-order valence-corrected chi connectivity index (χ2v) is 11.0. The molecule has 0 radical (unpaired) electrons. The van der Waals surface area contributed by atoms with Crippen LogP contribution in [0.1, 0.15) is 12.8 Å². The zero-order valence-electron chi connectivity index (χ0n) is 20.3. The van der Waals surface area contributed by atoms with Crippen LogP contribution in [-0.4, -0.2) is 32.5 Å². The molecule has 2 amide bonds. The Hall–Kier alpha value is -4.51. The Morgan fingerprint density at radius 2 is 1.68 bits per heavy atom. The molecule has 0 spiro atoms. The molecule has 4 aromatic rings. The lowest BCUT2D eigenvalue weighted by Crippen LogP contribution is -2.19. The van der Waals surface area contributed by atoms with Gasteiger partial charge in [0.1, 0.15) is 11.6 Å². The van der Waals surface area contributed by atoms with Crippen molar-refractivity contribution < 1.29 is 13.4 Å². The third-order valence-corrected chi connectivity index (χ3v) is 7.85. The number of carbonyl (C=O) groups is 1. The second-order valence-electron chi connectivity index (χ2n) is 8.79. The number of urea groups is 1. The SMILES string of the molecule is N=S1(=O)CCCCNc2nc(ncc2-c2ccc(NC(=O)Nc3ccc(F)cc3)cc2)Nc2cccc1c2. The number of aromatic nitrogens is 2. The third-order valence-electron chi connectivity index (χ3n) is 5.97. The van der Waals surface area contributed by atoms with Gasteiger partial charge in [-0.05, 0) is 73.0 Å². The molecule has 0 aliphatic carbocycles. The van der Waals surface area contributed by atoms with Crippen molar-refractivity contribution in [2.75, 3.05) is 33.6 Å². The predicted molar refractivity (Wildman–Crippen MR) is 148 cm³/mol. The number of fused-ring (bicyclic) bond motifs is 4. The first-order valence-corrected chi connectivity index (χ1v) is 13.8. The minimum atomic E-state index is -2.88. The lowest BCUT2D eigenvalue weighted by Gasteiger charge is -2.14. The van der Waals surface area contributed by atoms with Gasteiger partial charge in [0.2, 0.25) is 5.95 Å². The molecule has 3 aromatic carbocycles. The summed E-state index contributed by atoms with van der Waals surface area (Å²) in [7, 11) is -2.88. The van der Waals surface area contributed by atoms with Gasteiger partial charge in [-0.15, -0.1) is 0 Å². The van der Waals surface area contributed by atoms with Crippen LogP contribution in [0, 0.1) is 10.6 Å². The highest BCUT2D eigenvalue weighted by molar-refractivity contribution is 7.92. The van der Waals surface area contributed by atoms with Gasteiger partial charge >= 0.3 is 6.03 Å². The molecule has 38 heavy (non-hydrogen) atoms. The van der Waals surface area contributed by atoms with E-state index in [0.717, 1.165) is 17.5 Å². The van der Waals surface area contributed by atoms with E-state index >= 15 is 0 Å². The van der Waals surface area contributed by atoms with Crippen molar-refractivity contribution in [2.45, 2.75) is 17.7 Å². The van der Waals surface area contributed by atoms with Crippen LogP contribution in [0.2, 0.25) is 0 Å². The highest BCUT2D eigenvalue weighted by atomic mass is 32.2. The number of nitrogens with zero attached hydrogens (tertiary/aromatic N) is 2. The smallest absolute Gasteiger partial charge is 0.323 e. The van der Waals surface area contributed by atoms with Gasteiger partial charge in [0, 0.05) is 46.0 Å². The fourth-order valence-corrected chi connectivity index (χ4v) is 5.47. The molecule has 5 rings (SSSR count). The van der Waals surface area contributed by atoms with Crippen molar-refractivity contribution in [3.8, 4) is 11.1 Å². The quantitative estimate of drug-likeness (QED) is 0.211. The number of benzene rings is 3. The number of amides is 2. The first kappa shape index (κ1) is 25.2. The number of halogens is 1. The first-order chi connectivity index (χ1) is 18.4. The van der Waals surface area contributed by atoms with E-state index in [9.17, 15) is 13.4 Å². The molecule has 5 N–H and O–H groups in total. The fourth-order valence-electron chi connectivity index (χ4n) is 4.01. The Morgan fingerprint density at radius 1 is 0.974 bits per heavy atom. The van der Waals surface area contributed by atoms with E-state index in [-0.39, 0.29) is 11.6 Å². The summed E-state index contributed by atoms with van der Waals surface area (Å²) < 4.78 is 34.3. The van der Waals surface area contributed by atoms with Crippen molar-refractivity contribution in [1.29, 1.82) is 4.78 Å². The maximum atomic E-state index is 13.1. The van der Waals surface area contributed by atoms with Crippen LogP contribution < -0.4 is 21.3 Å². The van der Waals surface area contributed by atoms with Crippen LogP contribution in [0.4, 0.5) is 38.0 Å². The molecule has 1 aromatic heterocycles. The Bertz CT molecular complexity index is 1560. The van der Waals surface area contributed by atoms with Crippen LogP contribution in [-0.2, 0) is 9.73 Å². The lowest BCUT2D eigenvalue weighted by atomic mass is 10.1. The van der Waals surface area contributed by atoms with Crippen molar-refractivity contribution in [2.24, 2.45) is 0 Å². The summed E-state index contributed by atoms with van der Waals surface area (Å²) >= 11 is 0. The molecule has 1 aliphatic heterocycles. The van der Waals surface area contributed by atoms with Crippen molar-refractivity contribution in [3.63, 3.8) is 0 Å². The molecule has 2 heterocycles. The van der Waals surface area contributed by atoms with Gasteiger partial charge in [0.05, 0.1) is 9.73 Å². The minimum Gasteiger partial charge on any atom is -0.369 e.